The van der Waals surface area contributed by atoms with E-state index in [0.717, 1.165) is 5.56 Å². The lowest BCUT2D eigenvalue weighted by Crippen LogP contribution is -2.44. The molecule has 0 saturated carbocycles. The molecule has 0 spiro atoms. The highest BCUT2D eigenvalue weighted by molar-refractivity contribution is 7.89. The number of carbonyl (C=O) groups is 1. The second-order valence-electron chi connectivity index (χ2n) is 6.35. The van der Waals surface area contributed by atoms with Crippen LogP contribution in [0.1, 0.15) is 32.8 Å². The van der Waals surface area contributed by atoms with E-state index in [1.807, 2.05) is 30.3 Å². The molecule has 0 fully saturated rings. The van der Waals surface area contributed by atoms with Crippen molar-refractivity contribution in [1.82, 2.24) is 4.72 Å². The molecule has 0 amide bonds. The van der Waals surface area contributed by atoms with Gasteiger partial charge in [-0.2, -0.15) is 0 Å². The van der Waals surface area contributed by atoms with Gasteiger partial charge < -0.3 is 5.11 Å². The van der Waals surface area contributed by atoms with E-state index in [1.165, 1.54) is 0 Å². The van der Waals surface area contributed by atoms with E-state index >= 15 is 0 Å². The van der Waals surface area contributed by atoms with Crippen molar-refractivity contribution in [2.24, 2.45) is 5.41 Å². The summed E-state index contributed by atoms with van der Waals surface area (Å²) in [6, 6.07) is 8.30. The largest absolute Gasteiger partial charge is 0.480 e. The molecule has 0 saturated heterocycles. The molecule has 0 heterocycles. The molecule has 6 heteroatoms. The van der Waals surface area contributed by atoms with Gasteiger partial charge in [-0.25, -0.2) is 13.1 Å². The fraction of sp³-hybridized carbons (Fsp3) is 0.533. The highest BCUT2D eigenvalue weighted by Crippen LogP contribution is 2.16. The second kappa shape index (κ2) is 7.04. The number of aliphatic carboxylic acids is 1. The van der Waals surface area contributed by atoms with E-state index in [1.54, 1.807) is 20.8 Å². The number of aryl methyl sites for hydroxylation is 1. The first-order valence-corrected chi connectivity index (χ1v) is 8.51. The summed E-state index contributed by atoms with van der Waals surface area (Å²) < 4.78 is 26.3. The molecule has 1 aromatic carbocycles. The third-order valence-corrected chi connectivity index (χ3v) is 4.70. The molecule has 1 unspecified atom stereocenters. The quantitative estimate of drug-likeness (QED) is 0.807. The van der Waals surface area contributed by atoms with E-state index in [-0.39, 0.29) is 12.2 Å². The van der Waals surface area contributed by atoms with Gasteiger partial charge in [0, 0.05) is 0 Å². The first-order chi connectivity index (χ1) is 9.59. The van der Waals surface area contributed by atoms with Crippen LogP contribution < -0.4 is 4.72 Å². The van der Waals surface area contributed by atoms with E-state index in [9.17, 15) is 18.3 Å². The number of hydrogen-bond acceptors (Lipinski definition) is 3. The topological polar surface area (TPSA) is 83.5 Å². The predicted molar refractivity (Wildman–Crippen MR) is 82.6 cm³/mol. The SMILES string of the molecule is CC(C)(C)CS(=O)(=O)NC(CCc1ccccc1)C(=O)O. The van der Waals surface area contributed by atoms with Crippen LogP contribution in [0.2, 0.25) is 0 Å². The lowest BCUT2D eigenvalue weighted by atomic mass is 10.0. The van der Waals surface area contributed by atoms with E-state index < -0.39 is 27.4 Å². The van der Waals surface area contributed by atoms with Gasteiger partial charge in [0.2, 0.25) is 10.0 Å². The van der Waals surface area contributed by atoms with Crippen molar-refractivity contribution in [3.05, 3.63) is 35.9 Å². The lowest BCUT2D eigenvalue weighted by Gasteiger charge is -2.21. The summed E-state index contributed by atoms with van der Waals surface area (Å²) in [5, 5.41) is 9.19. The summed E-state index contributed by atoms with van der Waals surface area (Å²) in [5.41, 5.74) is 0.563. The second-order valence-corrected chi connectivity index (χ2v) is 8.11. The Morgan fingerprint density at radius 2 is 1.81 bits per heavy atom. The minimum atomic E-state index is -3.62. The predicted octanol–water partition coefficient (Wildman–Crippen LogP) is 2.04. The van der Waals surface area contributed by atoms with Crippen molar-refractivity contribution in [2.45, 2.75) is 39.7 Å². The fourth-order valence-electron chi connectivity index (χ4n) is 2.02. The third kappa shape index (κ3) is 7.24. The molecule has 5 nitrogen and oxygen atoms in total. The van der Waals surface area contributed by atoms with Gasteiger partial charge in [0.1, 0.15) is 6.04 Å². The Morgan fingerprint density at radius 1 is 1.24 bits per heavy atom. The number of carboxylic acid groups (broad SMARTS) is 1. The molecule has 0 aromatic heterocycles. The van der Waals surface area contributed by atoms with Gasteiger partial charge >= 0.3 is 5.97 Å². The van der Waals surface area contributed by atoms with Crippen molar-refractivity contribution in [1.29, 1.82) is 0 Å². The van der Waals surface area contributed by atoms with Crippen LogP contribution in [0.5, 0.6) is 0 Å². The molecule has 0 aliphatic rings. The van der Waals surface area contributed by atoms with Gasteiger partial charge in [-0.1, -0.05) is 51.1 Å². The zero-order valence-corrected chi connectivity index (χ0v) is 13.5. The van der Waals surface area contributed by atoms with Crippen LogP contribution in [0, 0.1) is 5.41 Å². The molecule has 0 radical (unpaired) electrons. The summed E-state index contributed by atoms with van der Waals surface area (Å²) in [6.07, 6.45) is 0.735. The number of hydrogen-bond donors (Lipinski definition) is 2. The average molecular weight is 313 g/mol. The Hall–Kier alpha value is -1.40. The standard InChI is InChI=1S/C15H23NO4S/c1-15(2,3)11-21(19,20)16-13(14(17)18)10-9-12-7-5-4-6-8-12/h4-8,13,16H,9-11H2,1-3H3,(H,17,18). The molecule has 1 aromatic rings. The summed E-state index contributed by atoms with van der Waals surface area (Å²) >= 11 is 0. The smallest absolute Gasteiger partial charge is 0.321 e. The highest BCUT2D eigenvalue weighted by atomic mass is 32.2. The monoisotopic (exact) mass is 313 g/mol. The zero-order valence-electron chi connectivity index (χ0n) is 12.7. The average Bonchev–Trinajstić information content (AvgIpc) is 2.32. The fourth-order valence-corrected chi connectivity index (χ4v) is 3.89. The van der Waals surface area contributed by atoms with Crippen LogP contribution >= 0.6 is 0 Å². The Kier molecular flexibility index (Phi) is 5.92. The molecule has 1 rings (SSSR count). The van der Waals surface area contributed by atoms with E-state index in [0.29, 0.717) is 6.42 Å². The number of benzene rings is 1. The summed E-state index contributed by atoms with van der Waals surface area (Å²) in [4.78, 5) is 11.2. The number of sulfonamides is 1. The highest BCUT2D eigenvalue weighted by Gasteiger charge is 2.27. The van der Waals surface area contributed by atoms with Gasteiger partial charge in [0.05, 0.1) is 5.75 Å². The molecule has 1 atom stereocenters. The van der Waals surface area contributed by atoms with E-state index in [2.05, 4.69) is 4.72 Å². The lowest BCUT2D eigenvalue weighted by molar-refractivity contribution is -0.139. The summed E-state index contributed by atoms with van der Waals surface area (Å²) in [6.45, 7) is 5.39. The number of nitrogens with one attached hydrogen (secondary N) is 1. The van der Waals surface area contributed by atoms with Crippen molar-refractivity contribution in [3.8, 4) is 0 Å². The zero-order chi connectivity index (χ0) is 16.1. The van der Waals surface area contributed by atoms with Gasteiger partial charge in [-0.15, -0.1) is 0 Å². The van der Waals surface area contributed by atoms with Crippen LogP contribution in [0.3, 0.4) is 0 Å². The maximum Gasteiger partial charge on any atom is 0.321 e. The maximum absolute atomic E-state index is 12.0. The van der Waals surface area contributed by atoms with Gasteiger partial charge in [0.15, 0.2) is 0 Å². The molecular weight excluding hydrogens is 290 g/mol. The van der Waals surface area contributed by atoms with Crippen LogP contribution in [0.25, 0.3) is 0 Å². The van der Waals surface area contributed by atoms with Crippen LogP contribution in [-0.4, -0.2) is 31.3 Å². The van der Waals surface area contributed by atoms with E-state index in [4.69, 9.17) is 0 Å². The van der Waals surface area contributed by atoms with Crippen LogP contribution in [0.4, 0.5) is 0 Å². The molecule has 0 aliphatic carbocycles. The Morgan fingerprint density at radius 3 is 2.29 bits per heavy atom. The van der Waals surface area contributed by atoms with Gasteiger partial charge in [-0.05, 0) is 23.8 Å². The molecular formula is C15H23NO4S. The van der Waals surface area contributed by atoms with Crippen molar-refractivity contribution < 1.29 is 18.3 Å². The van der Waals surface area contributed by atoms with Crippen molar-refractivity contribution in [2.75, 3.05) is 5.75 Å². The Bertz CT molecular complexity index is 561. The molecule has 21 heavy (non-hydrogen) atoms. The number of rotatable bonds is 7. The van der Waals surface area contributed by atoms with Crippen LogP contribution in [-0.2, 0) is 21.2 Å². The minimum absolute atomic E-state index is 0.102. The maximum atomic E-state index is 12.0. The first-order valence-electron chi connectivity index (χ1n) is 6.86. The molecule has 0 aliphatic heterocycles. The molecule has 2 N–H and O–H groups in total. The summed E-state index contributed by atoms with van der Waals surface area (Å²) in [7, 11) is -3.62. The van der Waals surface area contributed by atoms with Crippen LogP contribution in [0.15, 0.2) is 30.3 Å². The van der Waals surface area contributed by atoms with Crippen molar-refractivity contribution >= 4 is 16.0 Å². The summed E-state index contributed by atoms with van der Waals surface area (Å²) in [5.74, 6) is -1.25. The Labute approximate surface area is 126 Å². The third-order valence-electron chi connectivity index (χ3n) is 2.81. The molecule has 0 bridgehead atoms. The minimum Gasteiger partial charge on any atom is -0.480 e. The molecule has 118 valence electrons. The van der Waals surface area contributed by atoms with Gasteiger partial charge in [0.25, 0.3) is 0 Å². The normalized spacial score (nSPS) is 13.9. The number of carboxylic acids is 1. The Balaban J connectivity index is 2.68. The van der Waals surface area contributed by atoms with Crippen molar-refractivity contribution in [3.63, 3.8) is 0 Å². The first kappa shape index (κ1) is 17.7. The van der Waals surface area contributed by atoms with Gasteiger partial charge in [-0.3, -0.25) is 4.79 Å².